The molecule has 0 spiro atoms. The largest absolute Gasteiger partial charge is 0.379 e. The number of thioether (sulfide) groups is 1. The van der Waals surface area contributed by atoms with Crippen LogP contribution in [-0.2, 0) is 4.74 Å². The van der Waals surface area contributed by atoms with Crippen LogP contribution in [0.15, 0.2) is 58.5 Å². The Morgan fingerprint density at radius 1 is 1.10 bits per heavy atom. The van der Waals surface area contributed by atoms with Crippen LogP contribution in [0.1, 0.15) is 0 Å². The van der Waals surface area contributed by atoms with E-state index in [1.165, 1.54) is 22.4 Å². The van der Waals surface area contributed by atoms with Gasteiger partial charge in [-0.05, 0) is 18.2 Å². The molecular weight excluding hydrogens is 403 g/mol. The number of hydrogen-bond donors (Lipinski definition) is 1. The Kier molecular flexibility index (Phi) is 5.28. The third kappa shape index (κ3) is 3.51. The van der Waals surface area contributed by atoms with Gasteiger partial charge in [0.2, 0.25) is 0 Å². The highest BCUT2D eigenvalue weighted by atomic mass is 32.2. The summed E-state index contributed by atoms with van der Waals surface area (Å²) in [6, 6.07) is 14.0. The third-order valence-electron chi connectivity index (χ3n) is 5.33. The van der Waals surface area contributed by atoms with E-state index in [1.54, 1.807) is 18.2 Å². The Bertz CT molecular complexity index is 1260. The van der Waals surface area contributed by atoms with Crippen LogP contribution in [0.5, 0.6) is 0 Å². The van der Waals surface area contributed by atoms with Crippen LogP contribution < -0.4 is 5.56 Å². The second kappa shape index (κ2) is 8.22. The van der Waals surface area contributed by atoms with Gasteiger partial charge in [-0.15, -0.1) is 0 Å². The first-order valence-corrected chi connectivity index (χ1v) is 10.9. The molecule has 0 saturated carbocycles. The van der Waals surface area contributed by atoms with Crippen LogP contribution in [0.2, 0.25) is 0 Å². The quantitative estimate of drug-likeness (QED) is 0.393. The number of ether oxygens (including phenoxy) is 1. The summed E-state index contributed by atoms with van der Waals surface area (Å²) in [5.41, 5.74) is 1.77. The summed E-state index contributed by atoms with van der Waals surface area (Å²) in [7, 11) is 0. The number of rotatable bonds is 5. The van der Waals surface area contributed by atoms with Crippen LogP contribution >= 0.6 is 11.8 Å². The molecular formula is C22H21FN4O2S. The van der Waals surface area contributed by atoms with Crippen molar-refractivity contribution in [3.05, 3.63) is 64.7 Å². The highest BCUT2D eigenvalue weighted by molar-refractivity contribution is 7.99. The normalized spacial score (nSPS) is 15.2. The lowest BCUT2D eigenvalue weighted by Crippen LogP contribution is -2.37. The molecule has 4 aromatic rings. The number of nitrogens with zero attached hydrogens (tertiary/aromatic N) is 3. The van der Waals surface area contributed by atoms with Crippen LogP contribution in [-0.4, -0.2) is 58.0 Å². The molecule has 5 rings (SSSR count). The van der Waals surface area contributed by atoms with E-state index in [0.717, 1.165) is 49.5 Å². The number of nitrogens with one attached hydrogen (secondary N) is 1. The maximum absolute atomic E-state index is 14.6. The summed E-state index contributed by atoms with van der Waals surface area (Å²) in [6.45, 7) is 4.13. The maximum Gasteiger partial charge on any atom is 0.283 e. The molecule has 0 aliphatic carbocycles. The van der Waals surface area contributed by atoms with Crippen molar-refractivity contribution in [2.45, 2.75) is 5.16 Å². The van der Waals surface area contributed by atoms with E-state index >= 15 is 0 Å². The Hall–Kier alpha value is -2.68. The van der Waals surface area contributed by atoms with E-state index in [-0.39, 0.29) is 11.2 Å². The zero-order chi connectivity index (χ0) is 20.5. The van der Waals surface area contributed by atoms with Gasteiger partial charge in [0.1, 0.15) is 16.9 Å². The topological polar surface area (TPSA) is 63.1 Å². The number of hydrogen-bond acceptors (Lipinski definition) is 5. The lowest BCUT2D eigenvalue weighted by molar-refractivity contribution is 0.0410. The fourth-order valence-electron chi connectivity index (χ4n) is 3.78. The van der Waals surface area contributed by atoms with Gasteiger partial charge in [-0.3, -0.25) is 14.3 Å². The molecule has 30 heavy (non-hydrogen) atoms. The predicted octanol–water partition coefficient (Wildman–Crippen LogP) is 3.43. The molecule has 0 amide bonds. The summed E-state index contributed by atoms with van der Waals surface area (Å²) < 4.78 is 21.4. The summed E-state index contributed by atoms with van der Waals surface area (Å²) in [4.78, 5) is 23.7. The molecule has 0 atom stereocenters. The van der Waals surface area contributed by atoms with E-state index in [9.17, 15) is 9.18 Å². The minimum absolute atomic E-state index is 0.212. The van der Waals surface area contributed by atoms with E-state index < -0.39 is 5.82 Å². The van der Waals surface area contributed by atoms with E-state index in [2.05, 4.69) is 9.88 Å². The monoisotopic (exact) mass is 424 g/mol. The summed E-state index contributed by atoms with van der Waals surface area (Å²) in [6.07, 6.45) is 0. The Morgan fingerprint density at radius 3 is 2.70 bits per heavy atom. The second-order valence-electron chi connectivity index (χ2n) is 7.18. The fourth-order valence-corrected chi connectivity index (χ4v) is 4.77. The SMILES string of the molecule is O=c1c2[nH]c3ccccc3c2nc(SCCN2CCOCC2)n1-c1ccccc1F. The van der Waals surface area contributed by atoms with E-state index in [0.29, 0.717) is 16.2 Å². The maximum atomic E-state index is 14.6. The molecule has 1 N–H and O–H groups in total. The number of para-hydroxylation sites is 2. The van der Waals surface area contributed by atoms with Gasteiger partial charge < -0.3 is 9.72 Å². The minimum atomic E-state index is -0.452. The van der Waals surface area contributed by atoms with E-state index in [4.69, 9.17) is 9.72 Å². The number of benzene rings is 2. The molecule has 3 heterocycles. The first-order valence-electron chi connectivity index (χ1n) is 9.93. The van der Waals surface area contributed by atoms with Crippen molar-refractivity contribution in [3.8, 4) is 5.69 Å². The Labute approximate surface area is 176 Å². The number of fused-ring (bicyclic) bond motifs is 3. The molecule has 2 aromatic heterocycles. The first kappa shape index (κ1) is 19.3. The highest BCUT2D eigenvalue weighted by Crippen LogP contribution is 2.27. The number of H-pyrrole nitrogens is 1. The van der Waals surface area contributed by atoms with Gasteiger partial charge in [0.05, 0.1) is 18.9 Å². The third-order valence-corrected chi connectivity index (χ3v) is 6.25. The Balaban J connectivity index is 1.60. The molecule has 154 valence electrons. The van der Waals surface area contributed by atoms with Gasteiger partial charge in [-0.2, -0.15) is 0 Å². The summed E-state index contributed by atoms with van der Waals surface area (Å²) >= 11 is 1.47. The number of morpholine rings is 1. The first-order chi connectivity index (χ1) is 14.7. The summed E-state index contributed by atoms with van der Waals surface area (Å²) in [5.74, 6) is 0.293. The molecule has 6 nitrogen and oxygen atoms in total. The molecule has 0 unspecified atom stereocenters. The standard InChI is InChI=1S/C22H21FN4O2S/c23-16-6-2-4-8-18(16)27-21(28)20-19(15-5-1-3-7-17(15)24-20)25-22(27)30-14-11-26-9-12-29-13-10-26/h1-8,24H,9-14H2. The van der Waals surface area contributed by atoms with Gasteiger partial charge >= 0.3 is 0 Å². The van der Waals surface area contributed by atoms with Crippen molar-refractivity contribution in [1.29, 1.82) is 0 Å². The van der Waals surface area contributed by atoms with Crippen LogP contribution in [0.4, 0.5) is 4.39 Å². The molecule has 1 saturated heterocycles. The van der Waals surface area contributed by atoms with Gasteiger partial charge in [0, 0.05) is 36.3 Å². The smallest absolute Gasteiger partial charge is 0.283 e. The predicted molar refractivity (Wildman–Crippen MR) is 117 cm³/mol. The van der Waals surface area contributed by atoms with E-state index in [1.807, 2.05) is 24.3 Å². The molecule has 0 radical (unpaired) electrons. The number of aromatic amines is 1. The summed E-state index contributed by atoms with van der Waals surface area (Å²) in [5, 5.41) is 1.39. The van der Waals surface area contributed by atoms with Crippen molar-refractivity contribution >= 4 is 33.7 Å². The number of aromatic nitrogens is 3. The molecule has 8 heteroatoms. The van der Waals surface area contributed by atoms with Crippen molar-refractivity contribution in [2.24, 2.45) is 0 Å². The van der Waals surface area contributed by atoms with Gasteiger partial charge in [0.25, 0.3) is 5.56 Å². The lowest BCUT2D eigenvalue weighted by atomic mass is 10.2. The van der Waals surface area contributed by atoms with Gasteiger partial charge in [-0.1, -0.05) is 42.1 Å². The zero-order valence-corrected chi connectivity index (χ0v) is 17.1. The van der Waals surface area contributed by atoms with Crippen LogP contribution in [0.3, 0.4) is 0 Å². The highest BCUT2D eigenvalue weighted by Gasteiger charge is 2.19. The van der Waals surface area contributed by atoms with Crippen molar-refractivity contribution in [1.82, 2.24) is 19.4 Å². The van der Waals surface area contributed by atoms with Crippen molar-refractivity contribution in [2.75, 3.05) is 38.6 Å². The van der Waals surface area contributed by atoms with Crippen LogP contribution in [0, 0.1) is 5.82 Å². The zero-order valence-electron chi connectivity index (χ0n) is 16.3. The second-order valence-corrected chi connectivity index (χ2v) is 8.25. The average Bonchev–Trinajstić information content (AvgIpc) is 3.15. The molecule has 1 fully saturated rings. The Morgan fingerprint density at radius 2 is 1.87 bits per heavy atom. The van der Waals surface area contributed by atoms with Gasteiger partial charge in [0.15, 0.2) is 5.16 Å². The van der Waals surface area contributed by atoms with Gasteiger partial charge in [-0.25, -0.2) is 9.37 Å². The minimum Gasteiger partial charge on any atom is -0.379 e. The van der Waals surface area contributed by atoms with Crippen molar-refractivity contribution < 1.29 is 9.13 Å². The molecule has 1 aliphatic rings. The molecule has 2 aromatic carbocycles. The van der Waals surface area contributed by atoms with Crippen molar-refractivity contribution in [3.63, 3.8) is 0 Å². The molecule has 0 bridgehead atoms. The average molecular weight is 425 g/mol. The fraction of sp³-hybridized carbons (Fsp3) is 0.273. The van der Waals surface area contributed by atoms with Crippen LogP contribution in [0.25, 0.3) is 27.6 Å². The number of halogens is 1. The molecule has 1 aliphatic heterocycles. The lowest BCUT2D eigenvalue weighted by Gasteiger charge is -2.26.